The Balaban J connectivity index is 0.000000275. The Bertz CT molecular complexity index is 1050. The highest BCUT2D eigenvalue weighted by Crippen LogP contribution is 2.37. The second-order valence-corrected chi connectivity index (χ2v) is 8.56. The number of nitrogens with zero attached hydrogens (tertiary/aromatic N) is 1. The van der Waals surface area contributed by atoms with E-state index in [1.807, 2.05) is 24.3 Å². The van der Waals surface area contributed by atoms with Crippen LogP contribution in [-0.2, 0) is 4.74 Å². The van der Waals surface area contributed by atoms with Gasteiger partial charge in [0.15, 0.2) is 0 Å². The number of nitrogens with one attached hydrogen (secondary N) is 1. The van der Waals surface area contributed by atoms with Crippen LogP contribution in [0.25, 0.3) is 11.1 Å². The van der Waals surface area contributed by atoms with E-state index in [2.05, 4.69) is 46.1 Å². The van der Waals surface area contributed by atoms with Gasteiger partial charge in [-0.25, -0.2) is 4.98 Å². The van der Waals surface area contributed by atoms with Gasteiger partial charge in [-0.15, -0.1) is 0 Å². The summed E-state index contributed by atoms with van der Waals surface area (Å²) in [5.74, 6) is 7.71. The summed E-state index contributed by atoms with van der Waals surface area (Å²) in [5, 5.41) is 18.6. The summed E-state index contributed by atoms with van der Waals surface area (Å²) in [6.45, 7) is 3.14. The SMILES string of the molecule is CC(O)c1ncc[nH]1.OC1(CC#Cc2ccc(-c3ccc(O[C@H]4CCOC4)cc3)cc2)CC1. The van der Waals surface area contributed by atoms with E-state index >= 15 is 0 Å². The first-order valence-electron chi connectivity index (χ1n) is 11.3. The van der Waals surface area contributed by atoms with Crippen LogP contribution in [0.5, 0.6) is 5.75 Å². The van der Waals surface area contributed by atoms with Crippen LogP contribution in [0, 0.1) is 11.8 Å². The summed E-state index contributed by atoms with van der Waals surface area (Å²) in [7, 11) is 0. The number of hydrogen-bond donors (Lipinski definition) is 3. The Labute approximate surface area is 194 Å². The number of benzene rings is 2. The minimum atomic E-state index is -0.499. The Hall–Kier alpha value is -3.11. The van der Waals surface area contributed by atoms with Crippen molar-refractivity contribution in [3.8, 4) is 28.7 Å². The zero-order chi connectivity index (χ0) is 23.1. The maximum atomic E-state index is 9.79. The summed E-state index contributed by atoms with van der Waals surface area (Å²) < 4.78 is 11.2. The van der Waals surface area contributed by atoms with Gasteiger partial charge >= 0.3 is 0 Å². The van der Waals surface area contributed by atoms with Crippen LogP contribution in [0.1, 0.15) is 50.1 Å². The van der Waals surface area contributed by atoms with Gasteiger partial charge in [-0.3, -0.25) is 0 Å². The van der Waals surface area contributed by atoms with E-state index in [1.54, 1.807) is 19.3 Å². The van der Waals surface area contributed by atoms with Crippen molar-refractivity contribution in [2.24, 2.45) is 0 Å². The molecule has 6 heteroatoms. The molecular formula is C27H30N2O4. The molecule has 0 radical (unpaired) electrons. The molecule has 3 aromatic rings. The molecule has 2 atom stereocenters. The first-order chi connectivity index (χ1) is 16.0. The number of ether oxygens (including phenoxy) is 2. The van der Waals surface area contributed by atoms with Gasteiger partial charge in [0.25, 0.3) is 0 Å². The van der Waals surface area contributed by atoms with Gasteiger partial charge < -0.3 is 24.7 Å². The highest BCUT2D eigenvalue weighted by atomic mass is 16.5. The van der Waals surface area contributed by atoms with Gasteiger partial charge in [0.2, 0.25) is 0 Å². The predicted octanol–water partition coefficient (Wildman–Crippen LogP) is 4.25. The van der Waals surface area contributed by atoms with Crippen molar-refractivity contribution in [3.05, 3.63) is 72.3 Å². The third kappa shape index (κ3) is 6.93. The minimum Gasteiger partial charge on any atom is -0.488 e. The Morgan fingerprint density at radius 1 is 1.15 bits per heavy atom. The lowest BCUT2D eigenvalue weighted by atomic mass is 10.0. The number of aromatic amines is 1. The molecule has 2 aromatic carbocycles. The Morgan fingerprint density at radius 3 is 2.36 bits per heavy atom. The molecule has 1 unspecified atom stereocenters. The minimum absolute atomic E-state index is 0.178. The highest BCUT2D eigenvalue weighted by Gasteiger charge is 2.39. The monoisotopic (exact) mass is 446 g/mol. The fourth-order valence-electron chi connectivity index (χ4n) is 3.41. The van der Waals surface area contributed by atoms with Gasteiger partial charge in [-0.2, -0.15) is 0 Å². The molecular weight excluding hydrogens is 416 g/mol. The van der Waals surface area contributed by atoms with Gasteiger partial charge in [-0.1, -0.05) is 36.1 Å². The molecule has 1 aliphatic heterocycles. The van der Waals surface area contributed by atoms with Crippen molar-refractivity contribution < 1.29 is 19.7 Å². The third-order valence-electron chi connectivity index (χ3n) is 5.66. The second-order valence-electron chi connectivity index (χ2n) is 8.56. The molecule has 0 amide bonds. The molecule has 3 N–H and O–H groups in total. The molecule has 2 heterocycles. The maximum absolute atomic E-state index is 9.79. The number of imidazole rings is 1. The van der Waals surface area contributed by atoms with Crippen LogP contribution in [0.2, 0.25) is 0 Å². The van der Waals surface area contributed by atoms with Gasteiger partial charge in [-0.05, 0) is 55.2 Å². The van der Waals surface area contributed by atoms with E-state index in [1.165, 1.54) is 0 Å². The number of H-pyrrole nitrogens is 1. The van der Waals surface area contributed by atoms with Gasteiger partial charge in [0, 0.05) is 30.8 Å². The molecule has 0 bridgehead atoms. The molecule has 1 saturated carbocycles. The number of aliphatic hydroxyl groups is 2. The van der Waals surface area contributed by atoms with Gasteiger partial charge in [0.1, 0.15) is 23.8 Å². The van der Waals surface area contributed by atoms with E-state index in [-0.39, 0.29) is 6.10 Å². The predicted molar refractivity (Wildman–Crippen MR) is 127 cm³/mol. The normalized spacial score (nSPS) is 18.9. The molecule has 1 aliphatic carbocycles. The molecule has 1 saturated heterocycles. The molecule has 6 nitrogen and oxygen atoms in total. The van der Waals surface area contributed by atoms with Crippen LogP contribution in [0.3, 0.4) is 0 Å². The van der Waals surface area contributed by atoms with E-state index in [0.717, 1.165) is 48.3 Å². The van der Waals surface area contributed by atoms with Crippen molar-refractivity contribution in [2.75, 3.05) is 13.2 Å². The number of hydrogen-bond acceptors (Lipinski definition) is 5. The fourth-order valence-corrected chi connectivity index (χ4v) is 3.41. The molecule has 5 rings (SSSR count). The molecule has 0 spiro atoms. The van der Waals surface area contributed by atoms with E-state index in [0.29, 0.717) is 18.9 Å². The third-order valence-corrected chi connectivity index (χ3v) is 5.66. The average Bonchev–Trinajstić information content (AvgIpc) is 3.22. The van der Waals surface area contributed by atoms with Crippen molar-refractivity contribution in [2.45, 2.75) is 50.4 Å². The maximum Gasteiger partial charge on any atom is 0.134 e. The number of rotatable bonds is 5. The molecule has 33 heavy (non-hydrogen) atoms. The quantitative estimate of drug-likeness (QED) is 0.510. The largest absolute Gasteiger partial charge is 0.488 e. The lowest BCUT2D eigenvalue weighted by Crippen LogP contribution is -2.15. The summed E-state index contributed by atoms with van der Waals surface area (Å²) in [6, 6.07) is 16.4. The summed E-state index contributed by atoms with van der Waals surface area (Å²) in [4.78, 5) is 6.59. The van der Waals surface area contributed by atoms with E-state index in [4.69, 9.17) is 14.6 Å². The molecule has 172 valence electrons. The fraction of sp³-hybridized carbons (Fsp3) is 0.370. The summed E-state index contributed by atoms with van der Waals surface area (Å²) in [6.07, 6.45) is 6.29. The topological polar surface area (TPSA) is 87.6 Å². The van der Waals surface area contributed by atoms with Gasteiger partial charge in [0.05, 0.1) is 18.8 Å². The van der Waals surface area contributed by atoms with Crippen LogP contribution in [0.4, 0.5) is 0 Å². The molecule has 2 aliphatic rings. The number of aromatic nitrogens is 2. The van der Waals surface area contributed by atoms with Crippen molar-refractivity contribution in [1.29, 1.82) is 0 Å². The van der Waals surface area contributed by atoms with Crippen LogP contribution >= 0.6 is 0 Å². The zero-order valence-corrected chi connectivity index (χ0v) is 18.8. The molecule has 1 aromatic heterocycles. The lowest BCUT2D eigenvalue weighted by Gasteiger charge is -2.12. The van der Waals surface area contributed by atoms with Crippen molar-refractivity contribution in [1.82, 2.24) is 9.97 Å². The van der Waals surface area contributed by atoms with Crippen molar-refractivity contribution >= 4 is 0 Å². The zero-order valence-electron chi connectivity index (χ0n) is 18.8. The average molecular weight is 447 g/mol. The standard InChI is InChI=1S/C22H22O3.C5H8N2O/c23-22(13-14-22)12-1-2-17-3-5-18(6-4-17)19-7-9-20(10-8-19)25-21-11-15-24-16-21;1-4(8)5-6-2-3-7-5/h3-10,21,23H,11-16H2;2-4,8H,1H3,(H,6,7)/t21-;/m0./s1. The lowest BCUT2D eigenvalue weighted by molar-refractivity contribution is 0.141. The van der Waals surface area contributed by atoms with E-state index < -0.39 is 11.7 Å². The molecule has 2 fully saturated rings. The first kappa shape index (κ1) is 23.1. The number of aliphatic hydroxyl groups excluding tert-OH is 1. The first-order valence-corrected chi connectivity index (χ1v) is 11.3. The Morgan fingerprint density at radius 2 is 1.85 bits per heavy atom. The van der Waals surface area contributed by atoms with Crippen LogP contribution in [-0.4, -0.2) is 45.1 Å². The van der Waals surface area contributed by atoms with Crippen LogP contribution < -0.4 is 4.74 Å². The van der Waals surface area contributed by atoms with E-state index in [9.17, 15) is 5.11 Å². The second kappa shape index (κ2) is 10.7. The van der Waals surface area contributed by atoms with Crippen LogP contribution in [0.15, 0.2) is 60.9 Å². The Kier molecular flexibility index (Phi) is 7.46. The van der Waals surface area contributed by atoms with Crippen molar-refractivity contribution in [3.63, 3.8) is 0 Å². The summed E-state index contributed by atoms with van der Waals surface area (Å²) in [5.41, 5.74) is 2.79. The smallest absolute Gasteiger partial charge is 0.134 e. The highest BCUT2D eigenvalue weighted by molar-refractivity contribution is 5.65. The summed E-state index contributed by atoms with van der Waals surface area (Å²) >= 11 is 0.